The summed E-state index contributed by atoms with van der Waals surface area (Å²) in [5.74, 6) is 1.51. The summed E-state index contributed by atoms with van der Waals surface area (Å²) in [6.07, 6.45) is 6.38. The first kappa shape index (κ1) is 8.55. The fraction of sp³-hybridized carbons (Fsp3) is 1.00. The van der Waals surface area contributed by atoms with Gasteiger partial charge in [-0.25, -0.2) is 0 Å². The van der Waals surface area contributed by atoms with E-state index in [0.29, 0.717) is 11.3 Å². The fourth-order valence-electron chi connectivity index (χ4n) is 3.30. The van der Waals surface area contributed by atoms with Crippen LogP contribution in [0.15, 0.2) is 0 Å². The summed E-state index contributed by atoms with van der Waals surface area (Å²) in [4.78, 5) is 0. The molecule has 12 heavy (non-hydrogen) atoms. The third-order valence-electron chi connectivity index (χ3n) is 4.41. The van der Waals surface area contributed by atoms with Gasteiger partial charge in [0.2, 0.25) is 0 Å². The first-order valence-corrected chi connectivity index (χ1v) is 5.33. The van der Waals surface area contributed by atoms with E-state index in [-0.39, 0.29) is 6.10 Å². The molecule has 0 spiro atoms. The van der Waals surface area contributed by atoms with Crippen molar-refractivity contribution in [3.63, 3.8) is 0 Å². The number of fused-ring (bicyclic) bond motifs is 3. The van der Waals surface area contributed by atoms with Crippen LogP contribution in [0.1, 0.15) is 46.0 Å². The van der Waals surface area contributed by atoms with Crippen LogP contribution in [0.25, 0.3) is 0 Å². The van der Waals surface area contributed by atoms with Gasteiger partial charge in [0, 0.05) is 0 Å². The van der Waals surface area contributed by atoms with Crippen molar-refractivity contribution in [3.8, 4) is 0 Å². The molecular weight excluding hydrogens is 148 g/mol. The molecule has 3 fully saturated rings. The normalized spacial score (nSPS) is 47.0. The Morgan fingerprint density at radius 2 is 1.83 bits per heavy atom. The first-order valence-electron chi connectivity index (χ1n) is 5.33. The van der Waals surface area contributed by atoms with E-state index in [0.717, 1.165) is 12.3 Å². The quantitative estimate of drug-likeness (QED) is 0.638. The predicted octanol–water partition coefficient (Wildman–Crippen LogP) is 2.58. The molecule has 0 amide bonds. The van der Waals surface area contributed by atoms with Crippen LogP contribution in [-0.2, 0) is 0 Å². The number of aliphatic hydroxyl groups excluding tert-OH is 1. The molecule has 0 aliphatic heterocycles. The molecule has 3 aliphatic carbocycles. The van der Waals surface area contributed by atoms with E-state index in [2.05, 4.69) is 13.8 Å². The first-order chi connectivity index (χ1) is 5.65. The van der Waals surface area contributed by atoms with E-state index in [9.17, 15) is 5.11 Å². The number of hydrogen-bond acceptors (Lipinski definition) is 1. The molecule has 3 rings (SSSR count). The number of aliphatic hydroxyl groups is 1. The largest absolute Gasteiger partial charge is 0.393 e. The van der Waals surface area contributed by atoms with E-state index in [1.807, 2.05) is 0 Å². The molecule has 0 heterocycles. The Labute approximate surface area is 75.2 Å². The summed E-state index contributed by atoms with van der Waals surface area (Å²) in [5.41, 5.74) is 0.300. The maximum absolute atomic E-state index is 10.0. The lowest BCUT2D eigenvalue weighted by Gasteiger charge is -2.52. The van der Waals surface area contributed by atoms with Gasteiger partial charge in [0.15, 0.2) is 0 Å². The van der Waals surface area contributed by atoms with E-state index >= 15 is 0 Å². The van der Waals surface area contributed by atoms with Crippen molar-refractivity contribution in [1.82, 2.24) is 0 Å². The third kappa shape index (κ3) is 1.02. The predicted molar refractivity (Wildman–Crippen MR) is 49.9 cm³/mol. The van der Waals surface area contributed by atoms with Gasteiger partial charge in [0.1, 0.15) is 0 Å². The van der Waals surface area contributed by atoms with Crippen molar-refractivity contribution >= 4 is 0 Å². The molecule has 1 nitrogen and oxygen atoms in total. The van der Waals surface area contributed by atoms with E-state index in [1.54, 1.807) is 0 Å². The molecule has 3 aliphatic rings. The minimum absolute atomic E-state index is 0.00463. The Bertz CT molecular complexity index is 166. The Morgan fingerprint density at radius 3 is 2.17 bits per heavy atom. The molecule has 3 saturated carbocycles. The maximum atomic E-state index is 10.0. The zero-order valence-electron chi connectivity index (χ0n) is 8.21. The van der Waals surface area contributed by atoms with Gasteiger partial charge in [0.05, 0.1) is 6.10 Å². The molecule has 1 heteroatoms. The Balaban J connectivity index is 2.20. The minimum atomic E-state index is 0.00463. The van der Waals surface area contributed by atoms with Gasteiger partial charge in [0.25, 0.3) is 0 Å². The fourth-order valence-corrected chi connectivity index (χ4v) is 3.30. The van der Waals surface area contributed by atoms with Gasteiger partial charge in [-0.15, -0.1) is 0 Å². The lowest BCUT2D eigenvalue weighted by Crippen LogP contribution is -2.48. The lowest BCUT2D eigenvalue weighted by atomic mass is 9.55. The van der Waals surface area contributed by atoms with E-state index < -0.39 is 0 Å². The van der Waals surface area contributed by atoms with Gasteiger partial charge in [-0.05, 0) is 49.4 Å². The summed E-state index contributed by atoms with van der Waals surface area (Å²) in [6, 6.07) is 0. The average molecular weight is 168 g/mol. The Morgan fingerprint density at radius 1 is 1.25 bits per heavy atom. The minimum Gasteiger partial charge on any atom is -0.393 e. The standard InChI is InChI=1S/C11H20O/c1-8(2)11-5-3-9(4-6-11)7-10(11)12/h8-10,12H,3-7H2,1-2H3. The molecule has 70 valence electrons. The molecule has 1 atom stereocenters. The van der Waals surface area contributed by atoms with Crippen LogP contribution in [0.2, 0.25) is 0 Å². The number of rotatable bonds is 1. The SMILES string of the molecule is CC(C)C12CCC(CC1)CC2O. The van der Waals surface area contributed by atoms with Crippen LogP contribution in [0, 0.1) is 17.3 Å². The monoisotopic (exact) mass is 168 g/mol. The maximum Gasteiger partial charge on any atom is 0.0601 e. The highest BCUT2D eigenvalue weighted by molar-refractivity contribution is 4.99. The van der Waals surface area contributed by atoms with Crippen LogP contribution in [-0.4, -0.2) is 11.2 Å². The molecular formula is C11H20O. The van der Waals surface area contributed by atoms with Crippen LogP contribution in [0.3, 0.4) is 0 Å². The summed E-state index contributed by atoms with van der Waals surface area (Å²) >= 11 is 0. The molecule has 0 saturated heterocycles. The van der Waals surface area contributed by atoms with Gasteiger partial charge in [-0.3, -0.25) is 0 Å². The van der Waals surface area contributed by atoms with Crippen molar-refractivity contribution in [2.75, 3.05) is 0 Å². The highest BCUT2D eigenvalue weighted by Crippen LogP contribution is 2.54. The van der Waals surface area contributed by atoms with Crippen molar-refractivity contribution in [3.05, 3.63) is 0 Å². The smallest absolute Gasteiger partial charge is 0.0601 e. The molecule has 0 aromatic carbocycles. The highest BCUT2D eigenvalue weighted by atomic mass is 16.3. The van der Waals surface area contributed by atoms with Gasteiger partial charge >= 0.3 is 0 Å². The van der Waals surface area contributed by atoms with Crippen molar-refractivity contribution < 1.29 is 5.11 Å². The zero-order valence-corrected chi connectivity index (χ0v) is 8.21. The van der Waals surface area contributed by atoms with Gasteiger partial charge in [-0.2, -0.15) is 0 Å². The molecule has 1 N–H and O–H groups in total. The van der Waals surface area contributed by atoms with Crippen molar-refractivity contribution in [1.29, 1.82) is 0 Å². The third-order valence-corrected chi connectivity index (χ3v) is 4.41. The highest BCUT2D eigenvalue weighted by Gasteiger charge is 2.48. The van der Waals surface area contributed by atoms with E-state index in [4.69, 9.17) is 0 Å². The summed E-state index contributed by atoms with van der Waals surface area (Å²) in [6.45, 7) is 4.55. The number of hydrogen-bond donors (Lipinski definition) is 1. The average Bonchev–Trinajstić information content (AvgIpc) is 2.05. The van der Waals surface area contributed by atoms with Crippen LogP contribution in [0.4, 0.5) is 0 Å². The second kappa shape index (κ2) is 2.73. The summed E-state index contributed by atoms with van der Waals surface area (Å²) in [7, 11) is 0. The molecule has 1 unspecified atom stereocenters. The Hall–Kier alpha value is -0.0400. The summed E-state index contributed by atoms with van der Waals surface area (Å²) < 4.78 is 0. The second-order valence-electron chi connectivity index (χ2n) is 5.08. The van der Waals surface area contributed by atoms with Crippen molar-refractivity contribution in [2.45, 2.75) is 52.1 Å². The lowest BCUT2D eigenvalue weighted by molar-refractivity contribution is -0.102. The van der Waals surface area contributed by atoms with Gasteiger partial charge < -0.3 is 5.11 Å². The second-order valence-corrected chi connectivity index (χ2v) is 5.08. The van der Waals surface area contributed by atoms with E-state index in [1.165, 1.54) is 25.7 Å². The topological polar surface area (TPSA) is 20.2 Å². The molecule has 0 aromatic heterocycles. The van der Waals surface area contributed by atoms with Crippen LogP contribution in [0.5, 0.6) is 0 Å². The van der Waals surface area contributed by atoms with Gasteiger partial charge in [-0.1, -0.05) is 13.8 Å². The summed E-state index contributed by atoms with van der Waals surface area (Å²) in [5, 5.41) is 10.0. The van der Waals surface area contributed by atoms with Crippen LogP contribution >= 0.6 is 0 Å². The molecule has 0 aromatic rings. The Kier molecular flexibility index (Phi) is 1.95. The van der Waals surface area contributed by atoms with Crippen molar-refractivity contribution in [2.24, 2.45) is 17.3 Å². The van der Waals surface area contributed by atoms with Crippen LogP contribution < -0.4 is 0 Å². The zero-order chi connectivity index (χ0) is 8.77. The molecule has 0 radical (unpaired) electrons. The molecule has 2 bridgehead atoms.